The molecule has 0 aromatic carbocycles. The van der Waals surface area contributed by atoms with E-state index in [1.54, 1.807) is 11.0 Å². The Labute approximate surface area is 98.2 Å². The van der Waals surface area contributed by atoms with Crippen molar-refractivity contribution in [3.63, 3.8) is 0 Å². The fraction of sp³-hybridized carbons (Fsp3) is 0.818. The highest BCUT2D eigenvalue weighted by Crippen LogP contribution is 2.46. The smallest absolute Gasteiger partial charge is 0.283 e. The van der Waals surface area contributed by atoms with Gasteiger partial charge in [-0.3, -0.25) is 4.90 Å². The van der Waals surface area contributed by atoms with Gasteiger partial charge in [0.1, 0.15) is 0 Å². The van der Waals surface area contributed by atoms with E-state index >= 15 is 0 Å². The summed E-state index contributed by atoms with van der Waals surface area (Å²) in [5.74, 6) is 0. The van der Waals surface area contributed by atoms with E-state index in [1.165, 1.54) is 5.54 Å². The number of rotatable bonds is 2. The number of hydrogen-bond acceptors (Lipinski definition) is 1. The van der Waals surface area contributed by atoms with Gasteiger partial charge < -0.3 is 0 Å². The summed E-state index contributed by atoms with van der Waals surface area (Å²) in [4.78, 5) is 1.61. The molecule has 2 atom stereocenters. The Bertz CT molecular complexity index is 285. The van der Waals surface area contributed by atoms with Gasteiger partial charge in [0.25, 0.3) is 0 Å². The van der Waals surface area contributed by atoms with Crippen LogP contribution in [0.2, 0.25) is 0 Å². The summed E-state index contributed by atoms with van der Waals surface area (Å²) < 4.78 is 37.6. The first-order valence-electron chi connectivity index (χ1n) is 5.58. The Morgan fingerprint density at radius 3 is 2.69 bits per heavy atom. The van der Waals surface area contributed by atoms with Crippen LogP contribution in [0.15, 0.2) is 11.6 Å². The van der Waals surface area contributed by atoms with Crippen LogP contribution in [-0.2, 0) is 0 Å². The largest absolute Gasteiger partial charge is 0.401 e. The minimum atomic E-state index is -4.12. The molecule has 2 heterocycles. The van der Waals surface area contributed by atoms with Crippen molar-refractivity contribution in [2.24, 2.45) is 0 Å². The molecule has 0 radical (unpaired) electrons. The SMILES string of the molecule is FC(F)(F)CN1C2CCCC1(C=CCl)CC2. The Kier molecular flexibility index (Phi) is 3.23. The molecule has 0 spiro atoms. The van der Waals surface area contributed by atoms with E-state index in [9.17, 15) is 13.2 Å². The topological polar surface area (TPSA) is 3.24 Å². The summed E-state index contributed by atoms with van der Waals surface area (Å²) in [5, 5.41) is 0. The number of fused-ring (bicyclic) bond motifs is 2. The minimum absolute atomic E-state index is 0.0863. The van der Waals surface area contributed by atoms with Crippen molar-refractivity contribution in [1.82, 2.24) is 4.90 Å². The summed E-state index contributed by atoms with van der Waals surface area (Å²) in [6.07, 6.45) is 1.97. The first kappa shape index (κ1) is 12.2. The maximum Gasteiger partial charge on any atom is 0.401 e. The molecule has 92 valence electrons. The molecule has 0 aromatic heterocycles. The first-order valence-corrected chi connectivity index (χ1v) is 6.02. The van der Waals surface area contributed by atoms with Gasteiger partial charge in [0.05, 0.1) is 6.54 Å². The first-order chi connectivity index (χ1) is 7.47. The van der Waals surface area contributed by atoms with E-state index in [1.807, 2.05) is 0 Å². The molecule has 2 unspecified atom stereocenters. The van der Waals surface area contributed by atoms with Crippen LogP contribution in [0.4, 0.5) is 13.2 Å². The van der Waals surface area contributed by atoms with Gasteiger partial charge in [-0.15, -0.1) is 0 Å². The van der Waals surface area contributed by atoms with Crippen LogP contribution in [0.3, 0.4) is 0 Å². The third-order valence-electron chi connectivity index (χ3n) is 3.79. The van der Waals surface area contributed by atoms with Gasteiger partial charge in [-0.05, 0) is 32.1 Å². The van der Waals surface area contributed by atoms with Crippen LogP contribution >= 0.6 is 11.6 Å². The molecule has 0 saturated carbocycles. The van der Waals surface area contributed by atoms with Crippen LogP contribution in [0.1, 0.15) is 32.1 Å². The normalized spacial score (nSPS) is 36.1. The summed E-state index contributed by atoms with van der Waals surface area (Å²) in [6, 6.07) is 0.0863. The van der Waals surface area contributed by atoms with Crippen LogP contribution in [0.5, 0.6) is 0 Å². The van der Waals surface area contributed by atoms with Crippen LogP contribution in [0, 0.1) is 0 Å². The lowest BCUT2D eigenvalue weighted by Gasteiger charge is -2.43. The zero-order chi connectivity index (χ0) is 11.8. The van der Waals surface area contributed by atoms with Crippen molar-refractivity contribution < 1.29 is 13.2 Å². The quantitative estimate of drug-likeness (QED) is 0.726. The fourth-order valence-corrected chi connectivity index (χ4v) is 3.39. The highest BCUT2D eigenvalue weighted by atomic mass is 35.5. The molecular formula is C11H15ClF3N. The second kappa shape index (κ2) is 4.22. The van der Waals surface area contributed by atoms with Gasteiger partial charge in [0, 0.05) is 17.1 Å². The second-order valence-corrected chi connectivity index (χ2v) is 4.98. The van der Waals surface area contributed by atoms with E-state index in [2.05, 4.69) is 0 Å². The van der Waals surface area contributed by atoms with Gasteiger partial charge in [-0.2, -0.15) is 13.2 Å². The Balaban J connectivity index is 2.20. The van der Waals surface area contributed by atoms with E-state index < -0.39 is 18.3 Å². The van der Waals surface area contributed by atoms with Crippen molar-refractivity contribution >= 4 is 11.6 Å². The Hall–Kier alpha value is -0.220. The average Bonchev–Trinajstić information content (AvgIpc) is 2.39. The number of alkyl halides is 3. The lowest BCUT2D eigenvalue weighted by molar-refractivity contribution is -0.160. The van der Waals surface area contributed by atoms with Crippen molar-refractivity contribution in [3.05, 3.63) is 11.6 Å². The zero-order valence-corrected chi connectivity index (χ0v) is 9.69. The van der Waals surface area contributed by atoms with Crippen molar-refractivity contribution in [2.75, 3.05) is 6.54 Å². The lowest BCUT2D eigenvalue weighted by atomic mass is 9.88. The molecule has 0 amide bonds. The van der Waals surface area contributed by atoms with Gasteiger partial charge in [-0.25, -0.2) is 0 Å². The van der Waals surface area contributed by atoms with Crippen LogP contribution in [0.25, 0.3) is 0 Å². The van der Waals surface area contributed by atoms with Crippen molar-refractivity contribution in [1.29, 1.82) is 0 Å². The molecule has 0 aliphatic carbocycles. The fourth-order valence-electron chi connectivity index (χ4n) is 3.15. The predicted molar refractivity (Wildman–Crippen MR) is 57.4 cm³/mol. The molecule has 2 bridgehead atoms. The van der Waals surface area contributed by atoms with E-state index in [-0.39, 0.29) is 6.04 Å². The highest BCUT2D eigenvalue weighted by molar-refractivity contribution is 6.25. The second-order valence-electron chi connectivity index (χ2n) is 4.72. The summed E-state index contributed by atoms with van der Waals surface area (Å²) in [5.41, 5.74) is 0.942. The molecule has 0 N–H and O–H groups in total. The molecule has 2 fully saturated rings. The highest BCUT2D eigenvalue weighted by Gasteiger charge is 2.50. The van der Waals surface area contributed by atoms with E-state index in [0.717, 1.165) is 32.1 Å². The molecule has 1 nitrogen and oxygen atoms in total. The monoisotopic (exact) mass is 253 g/mol. The van der Waals surface area contributed by atoms with Crippen LogP contribution < -0.4 is 0 Å². The molecule has 2 saturated heterocycles. The van der Waals surface area contributed by atoms with E-state index in [4.69, 9.17) is 11.6 Å². The van der Waals surface area contributed by atoms with Gasteiger partial charge >= 0.3 is 6.18 Å². The molecular weight excluding hydrogens is 239 g/mol. The van der Waals surface area contributed by atoms with Crippen molar-refractivity contribution in [3.8, 4) is 0 Å². The summed E-state index contributed by atoms with van der Waals surface area (Å²) in [6.45, 7) is -0.807. The predicted octanol–water partition coefficient (Wildman–Crippen LogP) is 3.69. The molecule has 2 aliphatic heterocycles. The zero-order valence-electron chi connectivity index (χ0n) is 8.93. The molecule has 2 aliphatic rings. The molecule has 16 heavy (non-hydrogen) atoms. The number of halogens is 4. The standard InChI is InChI=1S/C11H15ClF3N/c12-7-6-10-4-1-2-9(3-5-10)16(10)8-11(13,14)15/h6-7,9H,1-5,8H2. The Morgan fingerprint density at radius 2 is 2.06 bits per heavy atom. The maximum atomic E-state index is 12.5. The third-order valence-corrected chi connectivity index (χ3v) is 3.92. The Morgan fingerprint density at radius 1 is 1.31 bits per heavy atom. The third kappa shape index (κ3) is 2.23. The van der Waals surface area contributed by atoms with Gasteiger partial charge in [-0.1, -0.05) is 17.7 Å². The number of piperidine rings is 1. The summed E-state index contributed by atoms with van der Waals surface area (Å²) in [7, 11) is 0. The van der Waals surface area contributed by atoms with Crippen LogP contribution in [-0.4, -0.2) is 29.2 Å². The molecule has 5 heteroatoms. The lowest BCUT2D eigenvalue weighted by Crippen LogP contribution is -2.52. The minimum Gasteiger partial charge on any atom is -0.283 e. The van der Waals surface area contributed by atoms with Gasteiger partial charge in [0.2, 0.25) is 0 Å². The summed E-state index contributed by atoms with van der Waals surface area (Å²) >= 11 is 5.57. The average molecular weight is 254 g/mol. The van der Waals surface area contributed by atoms with E-state index in [0.29, 0.717) is 0 Å². The molecule has 2 rings (SSSR count). The van der Waals surface area contributed by atoms with Crippen molar-refractivity contribution in [2.45, 2.75) is 49.9 Å². The molecule has 0 aromatic rings. The van der Waals surface area contributed by atoms with Gasteiger partial charge in [0.15, 0.2) is 0 Å². The number of nitrogens with zero attached hydrogens (tertiary/aromatic N) is 1. The maximum absolute atomic E-state index is 12.5. The number of hydrogen-bond donors (Lipinski definition) is 0.